The van der Waals surface area contributed by atoms with Gasteiger partial charge in [-0.15, -0.1) is 0 Å². The van der Waals surface area contributed by atoms with E-state index in [1.54, 1.807) is 0 Å². The van der Waals surface area contributed by atoms with E-state index in [1.165, 1.54) is 7.11 Å². The van der Waals surface area contributed by atoms with E-state index in [-0.39, 0.29) is 5.97 Å². The van der Waals surface area contributed by atoms with Gasteiger partial charge in [-0.3, -0.25) is 4.79 Å². The summed E-state index contributed by atoms with van der Waals surface area (Å²) in [5, 5.41) is 0.719. The summed E-state index contributed by atoms with van der Waals surface area (Å²) in [6, 6.07) is 7.71. The fourth-order valence-electron chi connectivity index (χ4n) is 2.95. The molecule has 1 unspecified atom stereocenters. The Hall–Kier alpha value is -1.06. The van der Waals surface area contributed by atoms with Crippen LogP contribution in [0.3, 0.4) is 0 Å². The zero-order valence-electron chi connectivity index (χ0n) is 11.5. The van der Waals surface area contributed by atoms with Crippen LogP contribution in [0.1, 0.15) is 18.4 Å². The third-order valence-electron chi connectivity index (χ3n) is 3.84. The Morgan fingerprint density at radius 3 is 2.68 bits per heavy atom. The van der Waals surface area contributed by atoms with Crippen LogP contribution in [0.25, 0.3) is 0 Å². The van der Waals surface area contributed by atoms with Crippen molar-refractivity contribution >= 4 is 17.6 Å². The number of carbonyl (C=O) groups is 1. The Kier molecular flexibility index (Phi) is 4.48. The van der Waals surface area contributed by atoms with Gasteiger partial charge in [0.15, 0.2) is 0 Å². The second-order valence-electron chi connectivity index (χ2n) is 5.42. The molecule has 104 valence electrons. The lowest BCUT2D eigenvalue weighted by atomic mass is 9.75. The minimum atomic E-state index is -0.421. The van der Waals surface area contributed by atoms with Crippen molar-refractivity contribution in [3.63, 3.8) is 0 Å². The normalized spacial score (nSPS) is 24.2. The molecule has 1 atom stereocenters. The molecule has 1 saturated heterocycles. The summed E-state index contributed by atoms with van der Waals surface area (Å²) in [6.45, 7) is 1.79. The van der Waals surface area contributed by atoms with Crippen LogP contribution in [-0.4, -0.2) is 38.1 Å². The van der Waals surface area contributed by atoms with Crippen LogP contribution in [0.4, 0.5) is 0 Å². The van der Waals surface area contributed by atoms with E-state index in [4.69, 9.17) is 16.3 Å². The van der Waals surface area contributed by atoms with Crippen molar-refractivity contribution in [3.8, 4) is 0 Å². The molecule has 4 heteroatoms. The molecule has 0 aromatic heterocycles. The Balaban J connectivity index is 2.22. The van der Waals surface area contributed by atoms with Gasteiger partial charge in [-0.2, -0.15) is 0 Å². The molecule has 19 heavy (non-hydrogen) atoms. The van der Waals surface area contributed by atoms with Gasteiger partial charge in [0.05, 0.1) is 12.5 Å². The number of methoxy groups -OCH3 is 1. The standard InChI is InChI=1S/C15H20ClNO2/c1-17-9-3-8-15(11-17,14(18)19-2)10-12-4-6-13(16)7-5-12/h4-7H,3,8-11H2,1-2H3. The summed E-state index contributed by atoms with van der Waals surface area (Å²) in [6.07, 6.45) is 2.62. The molecule has 1 aliphatic rings. The molecule has 0 radical (unpaired) electrons. The van der Waals surface area contributed by atoms with Crippen molar-refractivity contribution in [2.75, 3.05) is 27.2 Å². The van der Waals surface area contributed by atoms with Gasteiger partial charge in [0, 0.05) is 11.6 Å². The highest BCUT2D eigenvalue weighted by Crippen LogP contribution is 2.34. The van der Waals surface area contributed by atoms with Gasteiger partial charge in [-0.25, -0.2) is 0 Å². The molecule has 1 aliphatic heterocycles. The van der Waals surface area contributed by atoms with E-state index in [2.05, 4.69) is 11.9 Å². The molecular formula is C15H20ClNO2. The number of piperidine rings is 1. The molecule has 3 nitrogen and oxygen atoms in total. The maximum atomic E-state index is 12.2. The molecule has 0 bridgehead atoms. The van der Waals surface area contributed by atoms with Crippen LogP contribution in [0.2, 0.25) is 5.02 Å². The highest BCUT2D eigenvalue weighted by Gasteiger charge is 2.42. The van der Waals surface area contributed by atoms with Crippen molar-refractivity contribution < 1.29 is 9.53 Å². The molecule has 0 saturated carbocycles. The summed E-state index contributed by atoms with van der Waals surface area (Å²) < 4.78 is 5.05. The number of halogens is 1. The van der Waals surface area contributed by atoms with Crippen molar-refractivity contribution in [1.29, 1.82) is 0 Å². The van der Waals surface area contributed by atoms with Crippen molar-refractivity contribution in [2.24, 2.45) is 5.41 Å². The highest BCUT2D eigenvalue weighted by molar-refractivity contribution is 6.30. The van der Waals surface area contributed by atoms with Gasteiger partial charge >= 0.3 is 5.97 Å². The number of carbonyl (C=O) groups excluding carboxylic acids is 1. The van der Waals surface area contributed by atoms with E-state index in [0.29, 0.717) is 6.42 Å². The van der Waals surface area contributed by atoms with Gasteiger partial charge in [-0.1, -0.05) is 23.7 Å². The van der Waals surface area contributed by atoms with Crippen LogP contribution < -0.4 is 0 Å². The monoisotopic (exact) mass is 281 g/mol. The number of rotatable bonds is 3. The summed E-state index contributed by atoms with van der Waals surface area (Å²) >= 11 is 5.90. The zero-order valence-corrected chi connectivity index (χ0v) is 12.2. The molecule has 0 N–H and O–H groups in total. The highest BCUT2D eigenvalue weighted by atomic mass is 35.5. The summed E-state index contributed by atoms with van der Waals surface area (Å²) in [5.74, 6) is -0.103. The van der Waals surface area contributed by atoms with Gasteiger partial charge in [0.25, 0.3) is 0 Å². The lowest BCUT2D eigenvalue weighted by Gasteiger charge is -2.39. The minimum absolute atomic E-state index is 0.103. The number of likely N-dealkylation sites (tertiary alicyclic amines) is 1. The predicted molar refractivity (Wildman–Crippen MR) is 76.3 cm³/mol. The number of hydrogen-bond donors (Lipinski definition) is 0. The van der Waals surface area contributed by atoms with Gasteiger partial charge in [0.2, 0.25) is 0 Å². The van der Waals surface area contributed by atoms with E-state index in [0.717, 1.165) is 36.5 Å². The van der Waals surface area contributed by atoms with E-state index >= 15 is 0 Å². The van der Waals surface area contributed by atoms with E-state index in [1.807, 2.05) is 24.3 Å². The first-order valence-electron chi connectivity index (χ1n) is 6.57. The quantitative estimate of drug-likeness (QED) is 0.798. The average Bonchev–Trinajstić information content (AvgIpc) is 2.40. The molecule has 1 aromatic carbocycles. The Morgan fingerprint density at radius 1 is 1.42 bits per heavy atom. The largest absolute Gasteiger partial charge is 0.469 e. The predicted octanol–water partition coefficient (Wildman–Crippen LogP) is 2.77. The average molecular weight is 282 g/mol. The first-order chi connectivity index (χ1) is 9.05. The summed E-state index contributed by atoms with van der Waals surface area (Å²) in [7, 11) is 3.53. The maximum Gasteiger partial charge on any atom is 0.313 e. The molecule has 1 fully saturated rings. The second-order valence-corrected chi connectivity index (χ2v) is 5.85. The Bertz CT molecular complexity index is 446. The number of benzene rings is 1. The third-order valence-corrected chi connectivity index (χ3v) is 4.09. The maximum absolute atomic E-state index is 12.2. The number of hydrogen-bond acceptors (Lipinski definition) is 3. The topological polar surface area (TPSA) is 29.5 Å². The Morgan fingerprint density at radius 2 is 2.11 bits per heavy atom. The number of esters is 1. The summed E-state index contributed by atoms with van der Waals surface area (Å²) in [5.41, 5.74) is 0.709. The molecule has 0 amide bonds. The van der Waals surface area contributed by atoms with Gasteiger partial charge in [0.1, 0.15) is 0 Å². The van der Waals surface area contributed by atoms with Crippen molar-refractivity contribution in [1.82, 2.24) is 4.90 Å². The van der Waals surface area contributed by atoms with Gasteiger partial charge < -0.3 is 9.64 Å². The molecule has 1 aromatic rings. The van der Waals surface area contributed by atoms with Crippen LogP contribution in [0, 0.1) is 5.41 Å². The van der Waals surface area contributed by atoms with Gasteiger partial charge in [-0.05, 0) is 50.6 Å². The van der Waals surface area contributed by atoms with Crippen molar-refractivity contribution in [2.45, 2.75) is 19.3 Å². The first-order valence-corrected chi connectivity index (χ1v) is 6.95. The number of nitrogens with zero attached hydrogens (tertiary/aromatic N) is 1. The SMILES string of the molecule is COC(=O)C1(Cc2ccc(Cl)cc2)CCCN(C)C1. The molecule has 1 heterocycles. The molecule has 2 rings (SSSR count). The van der Waals surface area contributed by atoms with Crippen LogP contribution in [-0.2, 0) is 16.0 Å². The van der Waals surface area contributed by atoms with Crippen LogP contribution in [0.15, 0.2) is 24.3 Å². The van der Waals surface area contributed by atoms with Crippen LogP contribution >= 0.6 is 11.6 Å². The molecular weight excluding hydrogens is 262 g/mol. The smallest absolute Gasteiger partial charge is 0.313 e. The number of ether oxygens (including phenoxy) is 1. The third kappa shape index (κ3) is 3.28. The fourth-order valence-corrected chi connectivity index (χ4v) is 3.08. The summed E-state index contributed by atoms with van der Waals surface area (Å²) in [4.78, 5) is 14.4. The molecule has 0 spiro atoms. The first kappa shape index (κ1) is 14.4. The van der Waals surface area contributed by atoms with E-state index < -0.39 is 5.41 Å². The lowest BCUT2D eigenvalue weighted by molar-refractivity contribution is -0.156. The fraction of sp³-hybridized carbons (Fsp3) is 0.533. The molecule has 0 aliphatic carbocycles. The van der Waals surface area contributed by atoms with E-state index in [9.17, 15) is 4.79 Å². The minimum Gasteiger partial charge on any atom is -0.469 e. The second kappa shape index (κ2) is 5.93. The zero-order chi connectivity index (χ0) is 13.9. The lowest BCUT2D eigenvalue weighted by Crippen LogP contribution is -2.48. The van der Waals surface area contributed by atoms with Crippen LogP contribution in [0.5, 0.6) is 0 Å². The van der Waals surface area contributed by atoms with Crippen molar-refractivity contribution in [3.05, 3.63) is 34.9 Å². The Labute approximate surface area is 119 Å².